The number of esters is 1. The monoisotopic (exact) mass is 344 g/mol. The summed E-state index contributed by atoms with van der Waals surface area (Å²) in [5.74, 6) is -3.40. The SMILES string of the molecule is Cc1ccc2c(CC(=O)OCC(=O)c3ccc(F)c(F)c3)coc2c1. The second-order valence-electron chi connectivity index (χ2n) is 5.65. The maximum absolute atomic E-state index is 13.1. The first-order valence-electron chi connectivity index (χ1n) is 7.54. The van der Waals surface area contributed by atoms with Gasteiger partial charge in [-0.2, -0.15) is 0 Å². The zero-order valence-corrected chi connectivity index (χ0v) is 13.3. The fraction of sp³-hybridized carbons (Fsp3) is 0.158. The van der Waals surface area contributed by atoms with E-state index in [1.54, 1.807) is 0 Å². The molecule has 0 spiro atoms. The van der Waals surface area contributed by atoms with Gasteiger partial charge in [0.2, 0.25) is 0 Å². The molecule has 0 unspecified atom stereocenters. The molecule has 0 radical (unpaired) electrons. The van der Waals surface area contributed by atoms with Gasteiger partial charge in [-0.1, -0.05) is 12.1 Å². The van der Waals surface area contributed by atoms with Crippen LogP contribution in [-0.4, -0.2) is 18.4 Å². The van der Waals surface area contributed by atoms with E-state index in [2.05, 4.69) is 0 Å². The molecule has 0 N–H and O–H groups in total. The number of ketones is 1. The van der Waals surface area contributed by atoms with Crippen LogP contribution in [-0.2, 0) is 16.0 Å². The van der Waals surface area contributed by atoms with Gasteiger partial charge in [0.15, 0.2) is 24.0 Å². The quantitative estimate of drug-likeness (QED) is 0.519. The predicted octanol–water partition coefficient (Wildman–Crippen LogP) is 3.99. The van der Waals surface area contributed by atoms with Crippen LogP contribution < -0.4 is 0 Å². The van der Waals surface area contributed by atoms with Gasteiger partial charge in [-0.3, -0.25) is 9.59 Å². The lowest BCUT2D eigenvalue weighted by Gasteiger charge is -2.04. The van der Waals surface area contributed by atoms with E-state index in [-0.39, 0.29) is 12.0 Å². The molecule has 6 heteroatoms. The summed E-state index contributed by atoms with van der Waals surface area (Å²) in [6.45, 7) is 1.39. The Morgan fingerprint density at radius 1 is 1.08 bits per heavy atom. The van der Waals surface area contributed by atoms with E-state index in [0.29, 0.717) is 11.1 Å². The first-order valence-corrected chi connectivity index (χ1v) is 7.54. The van der Waals surface area contributed by atoms with Gasteiger partial charge in [0, 0.05) is 16.5 Å². The molecule has 0 aliphatic carbocycles. The van der Waals surface area contributed by atoms with Crippen LogP contribution >= 0.6 is 0 Å². The predicted molar refractivity (Wildman–Crippen MR) is 86.3 cm³/mol. The summed E-state index contributed by atoms with van der Waals surface area (Å²) in [5.41, 5.74) is 2.30. The van der Waals surface area contributed by atoms with Crippen molar-refractivity contribution in [1.29, 1.82) is 0 Å². The highest BCUT2D eigenvalue weighted by Gasteiger charge is 2.15. The summed E-state index contributed by atoms with van der Waals surface area (Å²) in [6, 6.07) is 8.38. The van der Waals surface area contributed by atoms with E-state index in [1.807, 2.05) is 25.1 Å². The number of carbonyl (C=O) groups excluding carboxylic acids is 2. The number of halogens is 2. The van der Waals surface area contributed by atoms with Crippen LogP contribution in [0.4, 0.5) is 8.78 Å². The maximum Gasteiger partial charge on any atom is 0.310 e. The second-order valence-corrected chi connectivity index (χ2v) is 5.65. The molecule has 0 atom stereocenters. The smallest absolute Gasteiger partial charge is 0.310 e. The van der Waals surface area contributed by atoms with E-state index in [1.165, 1.54) is 6.26 Å². The number of rotatable bonds is 5. The molecule has 128 valence electrons. The summed E-state index contributed by atoms with van der Waals surface area (Å²) in [7, 11) is 0. The van der Waals surface area contributed by atoms with Gasteiger partial charge in [-0.25, -0.2) is 8.78 Å². The molecule has 3 aromatic rings. The minimum Gasteiger partial charge on any atom is -0.464 e. The number of Topliss-reactive ketones (excluding diaryl/α,β-unsaturated/α-hetero) is 1. The molecule has 0 aliphatic rings. The minimum absolute atomic E-state index is 0.0544. The van der Waals surface area contributed by atoms with Crippen molar-refractivity contribution in [2.75, 3.05) is 6.61 Å². The average Bonchev–Trinajstić information content (AvgIpc) is 2.97. The Kier molecular flexibility index (Phi) is 4.61. The zero-order valence-electron chi connectivity index (χ0n) is 13.3. The number of benzene rings is 2. The molecule has 0 saturated carbocycles. The van der Waals surface area contributed by atoms with Crippen molar-refractivity contribution >= 4 is 22.7 Å². The van der Waals surface area contributed by atoms with Crippen LogP contribution in [0.25, 0.3) is 11.0 Å². The minimum atomic E-state index is -1.13. The normalized spacial score (nSPS) is 10.8. The first-order chi connectivity index (χ1) is 11.9. The molecule has 1 heterocycles. The third-order valence-corrected chi connectivity index (χ3v) is 3.75. The molecule has 0 bridgehead atoms. The number of carbonyl (C=O) groups is 2. The van der Waals surface area contributed by atoms with Crippen LogP contribution in [0.2, 0.25) is 0 Å². The summed E-state index contributed by atoms with van der Waals surface area (Å²) in [4.78, 5) is 23.8. The fourth-order valence-electron chi connectivity index (χ4n) is 2.43. The van der Waals surface area contributed by atoms with Crippen molar-refractivity contribution < 1.29 is 27.5 Å². The summed E-state index contributed by atoms with van der Waals surface area (Å²) in [6.07, 6.45) is 1.42. The van der Waals surface area contributed by atoms with Crippen molar-refractivity contribution in [3.05, 3.63) is 71.0 Å². The highest BCUT2D eigenvalue weighted by molar-refractivity contribution is 5.98. The van der Waals surface area contributed by atoms with E-state index in [9.17, 15) is 18.4 Å². The van der Waals surface area contributed by atoms with E-state index in [4.69, 9.17) is 9.15 Å². The molecule has 0 amide bonds. The highest BCUT2D eigenvalue weighted by atomic mass is 19.2. The third-order valence-electron chi connectivity index (χ3n) is 3.75. The Hall–Kier alpha value is -3.02. The molecule has 0 saturated heterocycles. The van der Waals surface area contributed by atoms with Gasteiger partial charge in [0.25, 0.3) is 0 Å². The van der Waals surface area contributed by atoms with Crippen molar-refractivity contribution in [3.63, 3.8) is 0 Å². The number of hydrogen-bond donors (Lipinski definition) is 0. The van der Waals surface area contributed by atoms with Gasteiger partial charge in [0.1, 0.15) is 5.58 Å². The standard InChI is InChI=1S/C19H14F2O4/c1-11-2-4-14-13(9-24-18(14)6-11)8-19(23)25-10-17(22)12-3-5-15(20)16(21)7-12/h2-7,9H,8,10H2,1H3. The average molecular weight is 344 g/mol. The van der Waals surface area contributed by atoms with E-state index < -0.39 is 30.0 Å². The van der Waals surface area contributed by atoms with Crippen molar-refractivity contribution in [2.45, 2.75) is 13.3 Å². The second kappa shape index (κ2) is 6.84. The van der Waals surface area contributed by atoms with E-state index >= 15 is 0 Å². The lowest BCUT2D eigenvalue weighted by atomic mass is 10.1. The number of aryl methyl sites for hydroxylation is 1. The lowest BCUT2D eigenvalue weighted by molar-refractivity contribution is -0.141. The number of furan rings is 1. The molecular weight excluding hydrogens is 330 g/mol. The Bertz CT molecular complexity index is 959. The lowest BCUT2D eigenvalue weighted by Crippen LogP contribution is -2.15. The van der Waals surface area contributed by atoms with Crippen LogP contribution in [0.3, 0.4) is 0 Å². The molecule has 0 aliphatic heterocycles. The largest absolute Gasteiger partial charge is 0.464 e. The van der Waals surface area contributed by atoms with Gasteiger partial charge in [-0.15, -0.1) is 0 Å². The Morgan fingerprint density at radius 2 is 1.88 bits per heavy atom. The third kappa shape index (κ3) is 3.74. The Morgan fingerprint density at radius 3 is 2.64 bits per heavy atom. The summed E-state index contributed by atoms with van der Waals surface area (Å²) in [5, 5.41) is 0.800. The summed E-state index contributed by atoms with van der Waals surface area (Å²) >= 11 is 0. The highest BCUT2D eigenvalue weighted by Crippen LogP contribution is 2.23. The van der Waals surface area contributed by atoms with Crippen molar-refractivity contribution in [1.82, 2.24) is 0 Å². The molecule has 4 nitrogen and oxygen atoms in total. The Labute approximate surface area is 142 Å². The maximum atomic E-state index is 13.1. The van der Waals surface area contributed by atoms with Crippen LogP contribution in [0.15, 0.2) is 47.1 Å². The number of hydrogen-bond acceptors (Lipinski definition) is 4. The fourth-order valence-corrected chi connectivity index (χ4v) is 2.43. The molecular formula is C19H14F2O4. The molecule has 25 heavy (non-hydrogen) atoms. The van der Waals surface area contributed by atoms with E-state index in [0.717, 1.165) is 29.1 Å². The molecule has 2 aromatic carbocycles. The van der Waals surface area contributed by atoms with Crippen molar-refractivity contribution in [2.24, 2.45) is 0 Å². The zero-order chi connectivity index (χ0) is 18.0. The van der Waals surface area contributed by atoms with Crippen molar-refractivity contribution in [3.8, 4) is 0 Å². The van der Waals surface area contributed by atoms with Crippen LogP contribution in [0.1, 0.15) is 21.5 Å². The van der Waals surface area contributed by atoms with Gasteiger partial charge in [-0.05, 0) is 36.8 Å². The first kappa shape index (κ1) is 16.8. The topological polar surface area (TPSA) is 56.5 Å². The number of fused-ring (bicyclic) bond motifs is 1. The molecule has 0 fully saturated rings. The molecule has 1 aromatic heterocycles. The molecule has 3 rings (SSSR count). The van der Waals surface area contributed by atoms with Crippen LogP contribution in [0.5, 0.6) is 0 Å². The van der Waals surface area contributed by atoms with Gasteiger partial charge >= 0.3 is 5.97 Å². The van der Waals surface area contributed by atoms with Gasteiger partial charge in [0.05, 0.1) is 12.7 Å². The Balaban J connectivity index is 1.62. The number of ether oxygens (including phenoxy) is 1. The van der Waals surface area contributed by atoms with Gasteiger partial charge < -0.3 is 9.15 Å². The van der Waals surface area contributed by atoms with Crippen LogP contribution in [0, 0.1) is 18.6 Å². The summed E-state index contributed by atoms with van der Waals surface area (Å²) < 4.78 is 36.3.